The predicted molar refractivity (Wildman–Crippen MR) is 114 cm³/mol. The Morgan fingerprint density at radius 2 is 2.06 bits per heavy atom. The van der Waals surface area contributed by atoms with Gasteiger partial charge in [0, 0.05) is 36.2 Å². The normalized spacial score (nSPS) is 13.4. The average Bonchev–Trinajstić information content (AvgIpc) is 3.46. The van der Waals surface area contributed by atoms with Gasteiger partial charge < -0.3 is 14.6 Å². The second kappa shape index (κ2) is 7.21. The zero-order valence-electron chi connectivity index (χ0n) is 17.5. The zero-order chi connectivity index (χ0) is 21.6. The molecule has 0 spiro atoms. The molecule has 0 atom stereocenters. The molecule has 0 aliphatic carbocycles. The van der Waals surface area contributed by atoms with Crippen molar-refractivity contribution < 1.29 is 14.1 Å². The predicted octanol–water partition coefficient (Wildman–Crippen LogP) is 4.19. The van der Waals surface area contributed by atoms with E-state index in [1.54, 1.807) is 12.3 Å². The van der Waals surface area contributed by atoms with Gasteiger partial charge in [-0.1, -0.05) is 25.9 Å². The third-order valence-corrected chi connectivity index (χ3v) is 5.19. The topological polar surface area (TPSA) is 107 Å². The molecular weight excluding hydrogens is 396 g/mol. The maximum absolute atomic E-state index is 12.8. The number of benzene rings is 1. The molecule has 1 aliphatic heterocycles. The van der Waals surface area contributed by atoms with Crippen molar-refractivity contribution in [2.75, 3.05) is 5.32 Å². The highest BCUT2D eigenvalue weighted by molar-refractivity contribution is 5.98. The second-order valence-electron chi connectivity index (χ2n) is 8.47. The van der Waals surface area contributed by atoms with Crippen molar-refractivity contribution in [3.63, 3.8) is 0 Å². The minimum absolute atomic E-state index is 0.164. The quantitative estimate of drug-likeness (QED) is 0.514. The lowest BCUT2D eigenvalue weighted by atomic mass is 9.92. The molecule has 31 heavy (non-hydrogen) atoms. The van der Waals surface area contributed by atoms with Gasteiger partial charge in [0.1, 0.15) is 12.1 Å². The number of carbonyl (C=O) groups is 1. The summed E-state index contributed by atoms with van der Waals surface area (Å²) in [5.74, 6) is 1.50. The van der Waals surface area contributed by atoms with E-state index in [2.05, 4.69) is 25.8 Å². The largest absolute Gasteiger partial charge is 0.439 e. The molecule has 1 aromatic carbocycles. The van der Waals surface area contributed by atoms with Crippen molar-refractivity contribution in [1.82, 2.24) is 25.0 Å². The molecule has 0 unspecified atom stereocenters. The lowest BCUT2D eigenvalue weighted by molar-refractivity contribution is 0.253. The van der Waals surface area contributed by atoms with E-state index in [9.17, 15) is 4.79 Å². The summed E-state index contributed by atoms with van der Waals surface area (Å²) in [7, 11) is 0. The molecule has 2 N–H and O–H groups in total. The number of amides is 1. The van der Waals surface area contributed by atoms with Gasteiger partial charge in [0.2, 0.25) is 11.8 Å². The fourth-order valence-electron chi connectivity index (χ4n) is 3.48. The van der Waals surface area contributed by atoms with Crippen LogP contribution in [-0.4, -0.2) is 25.7 Å². The molecule has 0 radical (unpaired) electrons. The van der Waals surface area contributed by atoms with E-state index < -0.39 is 0 Å². The zero-order valence-corrected chi connectivity index (χ0v) is 17.5. The fraction of sp³-hybridized carbons (Fsp3) is 0.273. The van der Waals surface area contributed by atoms with Crippen LogP contribution >= 0.6 is 0 Å². The van der Waals surface area contributed by atoms with Crippen LogP contribution in [0.2, 0.25) is 0 Å². The Hall–Kier alpha value is -3.72. The lowest BCUT2D eigenvalue weighted by Gasteiger charge is -2.12. The molecule has 0 fully saturated rings. The van der Waals surface area contributed by atoms with Gasteiger partial charge in [-0.3, -0.25) is 9.88 Å². The van der Waals surface area contributed by atoms with E-state index in [0.717, 1.165) is 27.9 Å². The number of hydrogen-bond acceptors (Lipinski definition) is 7. The smallest absolute Gasteiger partial charge is 0.332 e. The first-order chi connectivity index (χ1) is 14.9. The molecule has 0 saturated carbocycles. The summed E-state index contributed by atoms with van der Waals surface area (Å²) in [4.78, 5) is 21.3. The van der Waals surface area contributed by atoms with Crippen LogP contribution in [0.4, 0.5) is 10.7 Å². The standard InChI is InChI=1S/C22H22N6O3/c1-22(2,3)18-9-19(31-27-18)26-21(29)28-7-6-13-8-14(4-5-17(13)28)30-20-15-10-23-11-16(15)24-12-25-20/h4-9,12,23H,10-11H2,1-3H3,(H,26,29). The molecule has 9 nitrogen and oxygen atoms in total. The molecule has 0 bridgehead atoms. The van der Waals surface area contributed by atoms with Gasteiger partial charge in [-0.05, 0) is 24.3 Å². The van der Waals surface area contributed by atoms with Gasteiger partial charge in [-0.25, -0.2) is 14.8 Å². The monoisotopic (exact) mass is 418 g/mol. The number of ether oxygens (including phenoxy) is 1. The summed E-state index contributed by atoms with van der Waals surface area (Å²) in [5, 5.41) is 10.9. The first-order valence-corrected chi connectivity index (χ1v) is 9.99. The lowest BCUT2D eigenvalue weighted by Crippen LogP contribution is -2.18. The summed E-state index contributed by atoms with van der Waals surface area (Å²) in [6.07, 6.45) is 3.21. The highest BCUT2D eigenvalue weighted by atomic mass is 16.5. The Morgan fingerprint density at radius 3 is 2.87 bits per heavy atom. The molecule has 158 valence electrons. The third-order valence-electron chi connectivity index (χ3n) is 5.19. The minimum atomic E-state index is -0.333. The first kappa shape index (κ1) is 19.3. The molecule has 1 amide bonds. The number of rotatable bonds is 3. The van der Waals surface area contributed by atoms with Gasteiger partial charge in [0.15, 0.2) is 0 Å². The van der Waals surface area contributed by atoms with Gasteiger partial charge in [-0.2, -0.15) is 0 Å². The molecule has 9 heteroatoms. The summed E-state index contributed by atoms with van der Waals surface area (Å²) in [5.41, 5.74) is 3.28. The Balaban J connectivity index is 1.36. The summed E-state index contributed by atoms with van der Waals surface area (Å²) in [6, 6.07) is 8.79. The number of nitrogens with one attached hydrogen (secondary N) is 2. The molecule has 4 heterocycles. The summed E-state index contributed by atoms with van der Waals surface area (Å²) in [6.45, 7) is 7.49. The average molecular weight is 418 g/mol. The van der Waals surface area contributed by atoms with Crippen molar-refractivity contribution in [3.8, 4) is 11.6 Å². The van der Waals surface area contributed by atoms with Crippen molar-refractivity contribution in [3.05, 3.63) is 59.8 Å². The number of carbonyl (C=O) groups excluding carboxylic acids is 1. The van der Waals surface area contributed by atoms with E-state index in [4.69, 9.17) is 9.26 Å². The molecule has 0 saturated heterocycles. The van der Waals surface area contributed by atoms with Crippen LogP contribution in [0.5, 0.6) is 11.6 Å². The Kier molecular flexibility index (Phi) is 4.48. The molecule has 3 aromatic heterocycles. The maximum atomic E-state index is 12.8. The number of fused-ring (bicyclic) bond motifs is 2. The SMILES string of the molecule is CC(C)(C)c1cc(NC(=O)n2ccc3cc(Oc4ncnc5c4CNC5)ccc32)on1. The minimum Gasteiger partial charge on any atom is -0.439 e. The molecule has 1 aliphatic rings. The molecule has 5 rings (SSSR count). The van der Waals surface area contributed by atoms with Crippen LogP contribution in [0.15, 0.2) is 47.4 Å². The van der Waals surface area contributed by atoms with E-state index >= 15 is 0 Å². The number of aromatic nitrogens is 4. The fourth-order valence-corrected chi connectivity index (χ4v) is 3.48. The van der Waals surface area contributed by atoms with Crippen LogP contribution < -0.4 is 15.4 Å². The third kappa shape index (κ3) is 3.64. The Labute approximate surface area is 178 Å². The van der Waals surface area contributed by atoms with Crippen LogP contribution in [-0.2, 0) is 18.5 Å². The number of nitrogens with zero attached hydrogens (tertiary/aromatic N) is 4. The molecule has 4 aromatic rings. The van der Waals surface area contributed by atoms with Crippen LogP contribution in [0, 0.1) is 0 Å². The van der Waals surface area contributed by atoms with Crippen LogP contribution in [0.3, 0.4) is 0 Å². The van der Waals surface area contributed by atoms with Crippen LogP contribution in [0.25, 0.3) is 10.9 Å². The van der Waals surface area contributed by atoms with E-state index in [0.29, 0.717) is 30.6 Å². The number of hydrogen-bond donors (Lipinski definition) is 2. The van der Waals surface area contributed by atoms with Crippen LogP contribution in [0.1, 0.15) is 37.7 Å². The van der Waals surface area contributed by atoms with E-state index in [1.165, 1.54) is 10.9 Å². The van der Waals surface area contributed by atoms with Crippen molar-refractivity contribution in [2.24, 2.45) is 0 Å². The highest BCUT2D eigenvalue weighted by Gasteiger charge is 2.21. The summed E-state index contributed by atoms with van der Waals surface area (Å²) < 4.78 is 12.8. The van der Waals surface area contributed by atoms with Crippen molar-refractivity contribution >= 4 is 22.8 Å². The molecular formula is C22H22N6O3. The summed E-state index contributed by atoms with van der Waals surface area (Å²) >= 11 is 0. The van der Waals surface area contributed by atoms with Crippen molar-refractivity contribution in [2.45, 2.75) is 39.3 Å². The Morgan fingerprint density at radius 1 is 1.19 bits per heavy atom. The first-order valence-electron chi connectivity index (χ1n) is 9.99. The van der Waals surface area contributed by atoms with Gasteiger partial charge in [0.25, 0.3) is 0 Å². The Bertz CT molecular complexity index is 1280. The van der Waals surface area contributed by atoms with Crippen molar-refractivity contribution in [1.29, 1.82) is 0 Å². The van der Waals surface area contributed by atoms with E-state index in [1.807, 2.05) is 45.0 Å². The number of anilines is 1. The maximum Gasteiger partial charge on any atom is 0.332 e. The van der Waals surface area contributed by atoms with Gasteiger partial charge in [-0.15, -0.1) is 0 Å². The second-order valence-corrected chi connectivity index (χ2v) is 8.47. The van der Waals surface area contributed by atoms with Gasteiger partial charge in [0.05, 0.1) is 22.5 Å². The highest BCUT2D eigenvalue weighted by Crippen LogP contribution is 2.30. The van der Waals surface area contributed by atoms with E-state index in [-0.39, 0.29) is 11.4 Å². The van der Waals surface area contributed by atoms with Gasteiger partial charge >= 0.3 is 6.03 Å².